The summed E-state index contributed by atoms with van der Waals surface area (Å²) in [5.41, 5.74) is 13.1. The van der Waals surface area contributed by atoms with E-state index in [1.165, 1.54) is 0 Å². The molecule has 0 amide bonds. The summed E-state index contributed by atoms with van der Waals surface area (Å²) in [4.78, 5) is 0. The summed E-state index contributed by atoms with van der Waals surface area (Å²) in [7, 11) is 1.62. The van der Waals surface area contributed by atoms with E-state index < -0.39 is 6.10 Å². The molecule has 0 spiro atoms. The standard InChI is InChI=1S/C12H20N2O2/c1-8-7-9(16-2)3-4-10(8)12(15)11(14)5-6-13/h3-4,7,11-12,15H,5-6,13-14H2,1-2H3. The van der Waals surface area contributed by atoms with Crippen LogP contribution in [0.2, 0.25) is 0 Å². The summed E-state index contributed by atoms with van der Waals surface area (Å²) in [5.74, 6) is 0.779. The molecule has 0 aliphatic heterocycles. The number of benzene rings is 1. The van der Waals surface area contributed by atoms with Gasteiger partial charge in [0.05, 0.1) is 13.2 Å². The van der Waals surface area contributed by atoms with E-state index in [1.807, 2.05) is 25.1 Å². The number of aliphatic hydroxyl groups excluding tert-OH is 1. The molecule has 1 aromatic rings. The number of hydrogen-bond acceptors (Lipinski definition) is 4. The molecule has 1 aromatic carbocycles. The molecule has 0 bridgehead atoms. The first kappa shape index (κ1) is 13.0. The second-order valence-corrected chi connectivity index (χ2v) is 3.91. The Balaban J connectivity index is 2.87. The van der Waals surface area contributed by atoms with Crippen LogP contribution in [0.15, 0.2) is 18.2 Å². The van der Waals surface area contributed by atoms with Gasteiger partial charge in [-0.1, -0.05) is 6.07 Å². The van der Waals surface area contributed by atoms with Crippen molar-refractivity contribution in [2.24, 2.45) is 11.5 Å². The summed E-state index contributed by atoms with van der Waals surface area (Å²) < 4.78 is 5.10. The molecule has 0 radical (unpaired) electrons. The van der Waals surface area contributed by atoms with Crippen molar-refractivity contribution in [3.63, 3.8) is 0 Å². The van der Waals surface area contributed by atoms with Crippen LogP contribution >= 0.6 is 0 Å². The number of hydrogen-bond donors (Lipinski definition) is 3. The third-order valence-electron chi connectivity index (χ3n) is 2.70. The summed E-state index contributed by atoms with van der Waals surface area (Å²) in [6, 6.07) is 5.22. The third kappa shape index (κ3) is 2.95. The average Bonchev–Trinajstić information content (AvgIpc) is 2.28. The fourth-order valence-electron chi connectivity index (χ4n) is 1.69. The lowest BCUT2D eigenvalue weighted by Gasteiger charge is -2.20. The maximum atomic E-state index is 10.0. The van der Waals surface area contributed by atoms with Gasteiger partial charge >= 0.3 is 0 Å². The van der Waals surface area contributed by atoms with Crippen molar-refractivity contribution in [1.82, 2.24) is 0 Å². The zero-order valence-corrected chi connectivity index (χ0v) is 9.81. The number of aliphatic hydroxyl groups is 1. The summed E-state index contributed by atoms with van der Waals surface area (Å²) in [6.07, 6.45) is -0.0680. The van der Waals surface area contributed by atoms with Gasteiger partial charge in [0.1, 0.15) is 5.75 Å². The largest absolute Gasteiger partial charge is 0.497 e. The molecule has 2 atom stereocenters. The van der Waals surface area contributed by atoms with Gasteiger partial charge in [-0.15, -0.1) is 0 Å². The van der Waals surface area contributed by atoms with Gasteiger partial charge in [0.2, 0.25) is 0 Å². The second kappa shape index (κ2) is 5.84. The lowest BCUT2D eigenvalue weighted by atomic mass is 9.96. The first-order chi connectivity index (χ1) is 7.60. The Labute approximate surface area is 96.2 Å². The number of methoxy groups -OCH3 is 1. The Morgan fingerprint density at radius 3 is 2.62 bits per heavy atom. The molecule has 2 unspecified atom stereocenters. The van der Waals surface area contributed by atoms with E-state index >= 15 is 0 Å². The molecule has 0 saturated heterocycles. The Morgan fingerprint density at radius 1 is 1.44 bits per heavy atom. The first-order valence-corrected chi connectivity index (χ1v) is 5.38. The zero-order valence-electron chi connectivity index (χ0n) is 9.81. The Kier molecular flexibility index (Phi) is 4.73. The van der Waals surface area contributed by atoms with Crippen LogP contribution < -0.4 is 16.2 Å². The average molecular weight is 224 g/mol. The fourth-order valence-corrected chi connectivity index (χ4v) is 1.69. The van der Waals surface area contributed by atoms with Crippen molar-refractivity contribution >= 4 is 0 Å². The molecule has 4 nitrogen and oxygen atoms in total. The van der Waals surface area contributed by atoms with Crippen molar-refractivity contribution in [2.45, 2.75) is 25.5 Å². The van der Waals surface area contributed by atoms with Crippen LogP contribution in [0.5, 0.6) is 5.75 Å². The first-order valence-electron chi connectivity index (χ1n) is 5.38. The van der Waals surface area contributed by atoms with Crippen LogP contribution in [-0.2, 0) is 0 Å². The Hall–Kier alpha value is -1.10. The van der Waals surface area contributed by atoms with E-state index in [9.17, 15) is 5.11 Å². The highest BCUT2D eigenvalue weighted by Gasteiger charge is 2.18. The second-order valence-electron chi connectivity index (χ2n) is 3.91. The maximum Gasteiger partial charge on any atom is 0.119 e. The Bertz CT molecular complexity index is 342. The van der Waals surface area contributed by atoms with E-state index in [0.717, 1.165) is 16.9 Å². The van der Waals surface area contributed by atoms with Crippen LogP contribution in [0.1, 0.15) is 23.7 Å². The summed E-state index contributed by atoms with van der Waals surface area (Å²) >= 11 is 0. The molecular weight excluding hydrogens is 204 g/mol. The van der Waals surface area contributed by atoms with Gasteiger partial charge in [-0.05, 0) is 43.1 Å². The van der Waals surface area contributed by atoms with Gasteiger partial charge in [-0.25, -0.2) is 0 Å². The van der Waals surface area contributed by atoms with E-state index in [-0.39, 0.29) is 6.04 Å². The monoisotopic (exact) mass is 224 g/mol. The minimum atomic E-state index is -0.672. The lowest BCUT2D eigenvalue weighted by molar-refractivity contribution is 0.142. The minimum absolute atomic E-state index is 0.322. The van der Waals surface area contributed by atoms with E-state index in [1.54, 1.807) is 7.11 Å². The molecule has 0 aromatic heterocycles. The predicted molar refractivity (Wildman–Crippen MR) is 64.3 cm³/mol. The molecule has 1 rings (SSSR count). The van der Waals surface area contributed by atoms with Crippen LogP contribution in [0, 0.1) is 6.92 Å². The quantitative estimate of drug-likeness (QED) is 0.688. The number of aryl methyl sites for hydroxylation is 1. The molecule has 0 aliphatic rings. The van der Waals surface area contributed by atoms with Crippen LogP contribution in [0.3, 0.4) is 0 Å². The highest BCUT2D eigenvalue weighted by molar-refractivity contribution is 5.36. The number of rotatable bonds is 5. The van der Waals surface area contributed by atoms with Gasteiger partial charge in [0, 0.05) is 6.04 Å². The van der Waals surface area contributed by atoms with Gasteiger partial charge in [0.15, 0.2) is 0 Å². The maximum absolute atomic E-state index is 10.0. The molecule has 0 saturated carbocycles. The van der Waals surface area contributed by atoms with Gasteiger partial charge in [0.25, 0.3) is 0 Å². The lowest BCUT2D eigenvalue weighted by Crippen LogP contribution is -2.31. The van der Waals surface area contributed by atoms with Crippen LogP contribution in [-0.4, -0.2) is 24.8 Å². The van der Waals surface area contributed by atoms with Crippen molar-refractivity contribution < 1.29 is 9.84 Å². The van der Waals surface area contributed by atoms with Crippen molar-refractivity contribution in [3.8, 4) is 5.75 Å². The highest BCUT2D eigenvalue weighted by Crippen LogP contribution is 2.24. The van der Waals surface area contributed by atoms with E-state index in [4.69, 9.17) is 16.2 Å². The van der Waals surface area contributed by atoms with Crippen molar-refractivity contribution in [1.29, 1.82) is 0 Å². The normalized spacial score (nSPS) is 14.6. The Morgan fingerprint density at radius 2 is 2.12 bits per heavy atom. The van der Waals surface area contributed by atoms with E-state index in [2.05, 4.69) is 0 Å². The van der Waals surface area contributed by atoms with Crippen LogP contribution in [0.4, 0.5) is 0 Å². The minimum Gasteiger partial charge on any atom is -0.497 e. The molecule has 0 heterocycles. The van der Waals surface area contributed by atoms with Gasteiger partial charge in [-0.3, -0.25) is 0 Å². The zero-order chi connectivity index (χ0) is 12.1. The predicted octanol–water partition coefficient (Wildman–Crippen LogP) is 0.713. The molecule has 0 aliphatic carbocycles. The van der Waals surface area contributed by atoms with Crippen molar-refractivity contribution in [2.75, 3.05) is 13.7 Å². The molecule has 4 heteroatoms. The topological polar surface area (TPSA) is 81.5 Å². The number of nitrogens with two attached hydrogens (primary N) is 2. The summed E-state index contributed by atoms with van der Waals surface area (Å²) in [5, 5.41) is 10.0. The molecule has 16 heavy (non-hydrogen) atoms. The van der Waals surface area contributed by atoms with Crippen LogP contribution in [0.25, 0.3) is 0 Å². The highest BCUT2D eigenvalue weighted by atomic mass is 16.5. The summed E-state index contributed by atoms with van der Waals surface area (Å²) in [6.45, 7) is 2.41. The molecule has 90 valence electrons. The number of ether oxygens (including phenoxy) is 1. The van der Waals surface area contributed by atoms with Crippen molar-refractivity contribution in [3.05, 3.63) is 29.3 Å². The fraction of sp³-hybridized carbons (Fsp3) is 0.500. The van der Waals surface area contributed by atoms with Gasteiger partial charge in [-0.2, -0.15) is 0 Å². The molecule has 5 N–H and O–H groups in total. The smallest absolute Gasteiger partial charge is 0.119 e. The SMILES string of the molecule is COc1ccc(C(O)C(N)CCN)c(C)c1. The molecule has 0 fully saturated rings. The van der Waals surface area contributed by atoms with Gasteiger partial charge < -0.3 is 21.3 Å². The third-order valence-corrected chi connectivity index (χ3v) is 2.70. The van der Waals surface area contributed by atoms with E-state index in [0.29, 0.717) is 13.0 Å². The molecular formula is C12H20N2O2.